The van der Waals surface area contributed by atoms with Crippen LogP contribution in [0.1, 0.15) is 13.3 Å². The van der Waals surface area contributed by atoms with Gasteiger partial charge in [-0.1, -0.05) is 0 Å². The van der Waals surface area contributed by atoms with Gasteiger partial charge in [0.1, 0.15) is 0 Å². The van der Waals surface area contributed by atoms with E-state index in [0.717, 1.165) is 19.8 Å². The molecule has 96 valence electrons. The minimum Gasteiger partial charge on any atom is -0.380 e. The second-order valence-electron chi connectivity index (χ2n) is 4.72. The Kier molecular flexibility index (Phi) is 6.28. The van der Waals surface area contributed by atoms with Gasteiger partial charge < -0.3 is 19.9 Å². The van der Waals surface area contributed by atoms with Crippen LogP contribution in [0.25, 0.3) is 0 Å². The van der Waals surface area contributed by atoms with Gasteiger partial charge in [0, 0.05) is 25.2 Å². The van der Waals surface area contributed by atoms with Crippen molar-refractivity contribution in [2.75, 3.05) is 54.0 Å². The summed E-state index contributed by atoms with van der Waals surface area (Å²) in [6.07, 6.45) is 1.26. The molecule has 0 amide bonds. The molecule has 0 aliphatic carbocycles. The zero-order chi connectivity index (χ0) is 12.0. The first-order valence-electron chi connectivity index (χ1n) is 6.32. The predicted octanol–water partition coefficient (Wildman–Crippen LogP) is 0.247. The third-order valence-corrected chi connectivity index (χ3v) is 3.45. The van der Waals surface area contributed by atoms with E-state index < -0.39 is 0 Å². The first kappa shape index (κ1) is 13.9. The molecule has 0 aromatic rings. The lowest BCUT2D eigenvalue weighted by Crippen LogP contribution is -2.53. The van der Waals surface area contributed by atoms with E-state index in [2.05, 4.69) is 36.1 Å². The maximum absolute atomic E-state index is 5.56. The average Bonchev–Trinajstić information content (AvgIpc) is 2.43. The van der Waals surface area contributed by atoms with E-state index in [0.29, 0.717) is 12.1 Å². The van der Waals surface area contributed by atoms with Gasteiger partial charge in [-0.15, -0.1) is 0 Å². The SMILES string of the molecule is CCOCC(NC)C1CN(C)CCCN1C. The summed E-state index contributed by atoms with van der Waals surface area (Å²) < 4.78 is 5.56. The number of ether oxygens (including phenoxy) is 1. The summed E-state index contributed by atoms with van der Waals surface area (Å²) in [5.74, 6) is 0. The number of likely N-dealkylation sites (N-methyl/N-ethyl adjacent to an activating group) is 3. The molecule has 1 fully saturated rings. The lowest BCUT2D eigenvalue weighted by atomic mass is 10.1. The summed E-state index contributed by atoms with van der Waals surface area (Å²) in [5.41, 5.74) is 0. The number of nitrogens with zero attached hydrogens (tertiary/aromatic N) is 2. The van der Waals surface area contributed by atoms with Gasteiger partial charge in [0.2, 0.25) is 0 Å². The van der Waals surface area contributed by atoms with Gasteiger partial charge in [0.25, 0.3) is 0 Å². The number of nitrogens with one attached hydrogen (secondary N) is 1. The Morgan fingerprint density at radius 2 is 2.12 bits per heavy atom. The van der Waals surface area contributed by atoms with Crippen molar-refractivity contribution in [2.45, 2.75) is 25.4 Å². The lowest BCUT2D eigenvalue weighted by Gasteiger charge is -2.34. The van der Waals surface area contributed by atoms with Crippen molar-refractivity contribution < 1.29 is 4.74 Å². The molecule has 0 aromatic carbocycles. The van der Waals surface area contributed by atoms with Crippen LogP contribution >= 0.6 is 0 Å². The molecule has 1 N–H and O–H groups in total. The monoisotopic (exact) mass is 229 g/mol. The summed E-state index contributed by atoms with van der Waals surface area (Å²) in [4.78, 5) is 4.88. The van der Waals surface area contributed by atoms with Crippen molar-refractivity contribution in [3.8, 4) is 0 Å². The van der Waals surface area contributed by atoms with E-state index >= 15 is 0 Å². The van der Waals surface area contributed by atoms with Crippen molar-refractivity contribution in [3.63, 3.8) is 0 Å². The third kappa shape index (κ3) is 4.01. The normalized spacial score (nSPS) is 26.6. The molecule has 16 heavy (non-hydrogen) atoms. The number of hydrogen-bond donors (Lipinski definition) is 1. The summed E-state index contributed by atoms with van der Waals surface area (Å²) in [7, 11) is 6.46. The first-order chi connectivity index (χ1) is 7.69. The largest absolute Gasteiger partial charge is 0.380 e. The van der Waals surface area contributed by atoms with Crippen LogP contribution in [0.3, 0.4) is 0 Å². The van der Waals surface area contributed by atoms with Crippen molar-refractivity contribution >= 4 is 0 Å². The Hall–Kier alpha value is -0.160. The van der Waals surface area contributed by atoms with Crippen LogP contribution < -0.4 is 5.32 Å². The molecule has 2 atom stereocenters. The smallest absolute Gasteiger partial charge is 0.0635 e. The molecule has 1 aliphatic rings. The Balaban J connectivity index is 2.56. The minimum atomic E-state index is 0.422. The molecule has 1 saturated heterocycles. The van der Waals surface area contributed by atoms with E-state index in [-0.39, 0.29) is 0 Å². The Labute approximate surface area is 99.9 Å². The molecule has 0 spiro atoms. The fraction of sp³-hybridized carbons (Fsp3) is 1.00. The zero-order valence-corrected chi connectivity index (χ0v) is 11.2. The third-order valence-electron chi connectivity index (χ3n) is 3.45. The molecule has 2 unspecified atom stereocenters. The molecule has 4 nitrogen and oxygen atoms in total. The molecular weight excluding hydrogens is 202 g/mol. The lowest BCUT2D eigenvalue weighted by molar-refractivity contribution is 0.0810. The van der Waals surface area contributed by atoms with E-state index in [1.54, 1.807) is 0 Å². The van der Waals surface area contributed by atoms with Crippen molar-refractivity contribution in [3.05, 3.63) is 0 Å². The fourth-order valence-corrected chi connectivity index (χ4v) is 2.37. The van der Waals surface area contributed by atoms with Gasteiger partial charge in [0.15, 0.2) is 0 Å². The summed E-state index contributed by atoms with van der Waals surface area (Å²) in [6.45, 7) is 7.15. The molecule has 0 aromatic heterocycles. The molecule has 1 aliphatic heterocycles. The quantitative estimate of drug-likeness (QED) is 0.731. The highest BCUT2D eigenvalue weighted by Gasteiger charge is 2.27. The van der Waals surface area contributed by atoms with Crippen LogP contribution in [0.4, 0.5) is 0 Å². The Morgan fingerprint density at radius 3 is 2.75 bits per heavy atom. The summed E-state index contributed by atoms with van der Waals surface area (Å²) >= 11 is 0. The van der Waals surface area contributed by atoms with Gasteiger partial charge in [-0.05, 0) is 47.6 Å². The van der Waals surface area contributed by atoms with Crippen LogP contribution in [-0.2, 0) is 4.74 Å². The van der Waals surface area contributed by atoms with Crippen LogP contribution in [0.2, 0.25) is 0 Å². The fourth-order valence-electron chi connectivity index (χ4n) is 2.37. The Bertz CT molecular complexity index is 189. The zero-order valence-electron chi connectivity index (χ0n) is 11.2. The van der Waals surface area contributed by atoms with E-state index in [1.165, 1.54) is 19.5 Å². The molecule has 1 rings (SSSR count). The first-order valence-corrected chi connectivity index (χ1v) is 6.32. The standard InChI is InChI=1S/C12H27N3O/c1-5-16-10-11(13-2)12-9-14(3)7-6-8-15(12)4/h11-13H,5-10H2,1-4H3. The van der Waals surface area contributed by atoms with Crippen LogP contribution in [0.5, 0.6) is 0 Å². The van der Waals surface area contributed by atoms with Crippen LogP contribution in [0.15, 0.2) is 0 Å². The highest BCUT2D eigenvalue weighted by molar-refractivity contribution is 4.86. The molecule has 1 heterocycles. The summed E-state index contributed by atoms with van der Waals surface area (Å²) in [6, 6.07) is 0.967. The maximum Gasteiger partial charge on any atom is 0.0635 e. The highest BCUT2D eigenvalue weighted by atomic mass is 16.5. The Morgan fingerprint density at radius 1 is 1.38 bits per heavy atom. The van der Waals surface area contributed by atoms with Crippen molar-refractivity contribution in [1.82, 2.24) is 15.1 Å². The van der Waals surface area contributed by atoms with Crippen LogP contribution in [0, 0.1) is 0 Å². The predicted molar refractivity (Wildman–Crippen MR) is 67.9 cm³/mol. The molecular formula is C12H27N3O. The van der Waals surface area contributed by atoms with E-state index in [9.17, 15) is 0 Å². The van der Waals surface area contributed by atoms with Crippen molar-refractivity contribution in [2.24, 2.45) is 0 Å². The molecule has 4 heteroatoms. The number of rotatable bonds is 5. The average molecular weight is 229 g/mol. The molecule has 0 radical (unpaired) electrons. The van der Waals surface area contributed by atoms with Gasteiger partial charge in [-0.3, -0.25) is 0 Å². The highest BCUT2D eigenvalue weighted by Crippen LogP contribution is 2.10. The maximum atomic E-state index is 5.56. The molecule has 0 saturated carbocycles. The second-order valence-corrected chi connectivity index (χ2v) is 4.72. The van der Waals surface area contributed by atoms with Gasteiger partial charge in [0.05, 0.1) is 6.61 Å². The van der Waals surface area contributed by atoms with Crippen LogP contribution in [-0.4, -0.2) is 75.9 Å². The number of hydrogen-bond acceptors (Lipinski definition) is 4. The van der Waals surface area contributed by atoms with Gasteiger partial charge >= 0.3 is 0 Å². The van der Waals surface area contributed by atoms with E-state index in [1.807, 2.05) is 7.05 Å². The minimum absolute atomic E-state index is 0.422. The second kappa shape index (κ2) is 7.22. The van der Waals surface area contributed by atoms with Crippen molar-refractivity contribution in [1.29, 1.82) is 0 Å². The van der Waals surface area contributed by atoms with Gasteiger partial charge in [-0.25, -0.2) is 0 Å². The molecule has 0 bridgehead atoms. The topological polar surface area (TPSA) is 27.7 Å². The summed E-state index contributed by atoms with van der Waals surface area (Å²) in [5, 5.41) is 3.39. The van der Waals surface area contributed by atoms with E-state index in [4.69, 9.17) is 4.74 Å². The van der Waals surface area contributed by atoms with Gasteiger partial charge in [-0.2, -0.15) is 0 Å².